The number of carbonyl (C=O) groups excluding carboxylic acids is 1. The summed E-state index contributed by atoms with van der Waals surface area (Å²) in [6.45, 7) is 0. The van der Waals surface area contributed by atoms with Gasteiger partial charge in [-0.25, -0.2) is 4.79 Å². The molecule has 0 aliphatic heterocycles. The minimum atomic E-state index is -0.533. The Morgan fingerprint density at radius 1 is 1.33 bits per heavy atom. The largest absolute Gasteiger partial charge is 0.467 e. The second-order valence-corrected chi connectivity index (χ2v) is 4.98. The third-order valence-electron chi connectivity index (χ3n) is 2.44. The maximum atomic E-state index is 11.8. The summed E-state index contributed by atoms with van der Waals surface area (Å²) < 4.78 is 4.81. The Kier molecular flexibility index (Phi) is 4.23. The van der Waals surface area contributed by atoms with E-state index in [4.69, 9.17) is 16.3 Å². The average Bonchev–Trinajstić information content (AvgIpc) is 2.90. The van der Waals surface area contributed by atoms with Gasteiger partial charge in [0, 0.05) is 4.88 Å². The van der Waals surface area contributed by atoms with Gasteiger partial charge in [0.25, 0.3) is 0 Å². The zero-order valence-electron chi connectivity index (χ0n) is 9.72. The number of rotatable bonds is 4. The molecule has 0 aliphatic carbocycles. The summed E-state index contributed by atoms with van der Waals surface area (Å²) in [6.07, 6.45) is 0. The predicted octanol–water partition coefficient (Wildman–Crippen LogP) is 3.73. The van der Waals surface area contributed by atoms with Crippen LogP contribution in [-0.2, 0) is 9.53 Å². The number of anilines is 1. The summed E-state index contributed by atoms with van der Waals surface area (Å²) in [5.74, 6) is -0.336. The summed E-state index contributed by atoms with van der Waals surface area (Å²) >= 11 is 7.56. The van der Waals surface area contributed by atoms with Crippen molar-refractivity contribution in [3.63, 3.8) is 0 Å². The van der Waals surface area contributed by atoms with Gasteiger partial charge in [-0.15, -0.1) is 11.3 Å². The molecule has 3 nitrogen and oxygen atoms in total. The first-order valence-electron chi connectivity index (χ1n) is 5.34. The van der Waals surface area contributed by atoms with Crippen LogP contribution in [0, 0.1) is 0 Å². The monoisotopic (exact) mass is 281 g/mol. The number of para-hydroxylation sites is 1. The van der Waals surface area contributed by atoms with Crippen LogP contribution in [0.5, 0.6) is 0 Å². The molecular formula is C13H12ClNO2S. The Morgan fingerprint density at radius 3 is 2.72 bits per heavy atom. The van der Waals surface area contributed by atoms with Crippen molar-refractivity contribution in [2.24, 2.45) is 0 Å². The Morgan fingerprint density at radius 2 is 2.11 bits per heavy atom. The summed E-state index contributed by atoms with van der Waals surface area (Å²) in [5, 5.41) is 5.59. The van der Waals surface area contributed by atoms with Crippen molar-refractivity contribution in [3.8, 4) is 0 Å². The fraction of sp³-hybridized carbons (Fsp3) is 0.154. The quantitative estimate of drug-likeness (QED) is 0.868. The van der Waals surface area contributed by atoms with E-state index in [-0.39, 0.29) is 5.97 Å². The highest BCUT2D eigenvalue weighted by atomic mass is 35.5. The van der Waals surface area contributed by atoms with Gasteiger partial charge in [-0.1, -0.05) is 29.8 Å². The summed E-state index contributed by atoms with van der Waals surface area (Å²) in [5.41, 5.74) is 0.711. The van der Waals surface area contributed by atoms with Crippen LogP contribution in [0.4, 0.5) is 5.69 Å². The van der Waals surface area contributed by atoms with Crippen molar-refractivity contribution in [3.05, 3.63) is 51.7 Å². The molecule has 0 saturated carbocycles. The van der Waals surface area contributed by atoms with E-state index in [1.54, 1.807) is 6.07 Å². The Labute approximate surface area is 114 Å². The normalized spacial score (nSPS) is 11.9. The average molecular weight is 282 g/mol. The Hall–Kier alpha value is -1.52. The van der Waals surface area contributed by atoms with E-state index in [1.807, 2.05) is 35.7 Å². The molecule has 0 aliphatic rings. The van der Waals surface area contributed by atoms with E-state index in [9.17, 15) is 4.79 Å². The first-order chi connectivity index (χ1) is 8.72. The number of hydrogen-bond donors (Lipinski definition) is 1. The number of esters is 1. The lowest BCUT2D eigenvalue weighted by molar-refractivity contribution is -0.141. The fourth-order valence-electron chi connectivity index (χ4n) is 1.55. The zero-order chi connectivity index (χ0) is 13.0. The van der Waals surface area contributed by atoms with Crippen LogP contribution in [-0.4, -0.2) is 13.1 Å². The molecule has 1 N–H and O–H groups in total. The molecule has 0 amide bonds. The molecule has 0 radical (unpaired) electrons. The second-order valence-electron chi connectivity index (χ2n) is 3.60. The molecule has 1 aromatic carbocycles. The molecular weight excluding hydrogens is 270 g/mol. The highest BCUT2D eigenvalue weighted by Gasteiger charge is 2.22. The minimum absolute atomic E-state index is 0.336. The van der Waals surface area contributed by atoms with Gasteiger partial charge in [0.05, 0.1) is 17.8 Å². The van der Waals surface area contributed by atoms with E-state index < -0.39 is 6.04 Å². The SMILES string of the molecule is COC(=O)C(Nc1ccccc1Cl)c1cccs1. The number of thiophene rings is 1. The molecule has 1 aromatic heterocycles. The minimum Gasteiger partial charge on any atom is -0.467 e. The van der Waals surface area contributed by atoms with Crippen LogP contribution in [0.15, 0.2) is 41.8 Å². The van der Waals surface area contributed by atoms with Gasteiger partial charge in [0.15, 0.2) is 6.04 Å². The predicted molar refractivity (Wildman–Crippen MR) is 74.2 cm³/mol. The molecule has 94 valence electrons. The van der Waals surface area contributed by atoms with Crippen LogP contribution in [0.2, 0.25) is 5.02 Å². The Balaban J connectivity index is 2.26. The third kappa shape index (κ3) is 2.83. The highest BCUT2D eigenvalue weighted by molar-refractivity contribution is 7.10. The number of halogens is 1. The maximum absolute atomic E-state index is 11.8. The van der Waals surface area contributed by atoms with Gasteiger partial charge in [0.2, 0.25) is 0 Å². The molecule has 1 unspecified atom stereocenters. The van der Waals surface area contributed by atoms with E-state index >= 15 is 0 Å². The first-order valence-corrected chi connectivity index (χ1v) is 6.60. The molecule has 1 atom stereocenters. The number of nitrogens with one attached hydrogen (secondary N) is 1. The van der Waals surface area contributed by atoms with E-state index in [0.717, 1.165) is 4.88 Å². The van der Waals surface area contributed by atoms with E-state index in [1.165, 1.54) is 18.4 Å². The first kappa shape index (κ1) is 12.9. The van der Waals surface area contributed by atoms with E-state index in [0.29, 0.717) is 10.7 Å². The number of methoxy groups -OCH3 is 1. The van der Waals surface area contributed by atoms with Crippen LogP contribution in [0.3, 0.4) is 0 Å². The third-order valence-corrected chi connectivity index (χ3v) is 3.71. The number of hydrogen-bond acceptors (Lipinski definition) is 4. The van der Waals surface area contributed by atoms with Gasteiger partial charge in [-0.05, 0) is 23.6 Å². The lowest BCUT2D eigenvalue weighted by Gasteiger charge is -2.17. The molecule has 1 heterocycles. The molecule has 18 heavy (non-hydrogen) atoms. The fourth-order valence-corrected chi connectivity index (χ4v) is 2.51. The van der Waals surface area contributed by atoms with Crippen LogP contribution < -0.4 is 5.32 Å². The topological polar surface area (TPSA) is 38.3 Å². The number of ether oxygens (including phenoxy) is 1. The van der Waals surface area contributed by atoms with Gasteiger partial charge in [-0.2, -0.15) is 0 Å². The standard InChI is InChI=1S/C13H12ClNO2S/c1-17-13(16)12(11-7-4-8-18-11)15-10-6-3-2-5-9(10)14/h2-8,12,15H,1H3. The molecule has 5 heteroatoms. The molecule has 0 fully saturated rings. The van der Waals surface area contributed by atoms with Gasteiger partial charge < -0.3 is 10.1 Å². The van der Waals surface area contributed by atoms with Crippen molar-refractivity contribution in [2.75, 3.05) is 12.4 Å². The van der Waals surface area contributed by atoms with Gasteiger partial charge in [-0.3, -0.25) is 0 Å². The second kappa shape index (κ2) is 5.89. The van der Waals surface area contributed by atoms with Crippen molar-refractivity contribution < 1.29 is 9.53 Å². The van der Waals surface area contributed by atoms with Crippen molar-refractivity contribution in [1.29, 1.82) is 0 Å². The summed E-state index contributed by atoms with van der Waals surface area (Å²) in [4.78, 5) is 12.7. The highest BCUT2D eigenvalue weighted by Crippen LogP contribution is 2.28. The summed E-state index contributed by atoms with van der Waals surface area (Å²) in [6, 6.07) is 10.5. The number of benzene rings is 1. The van der Waals surface area contributed by atoms with Crippen molar-refractivity contribution >= 4 is 34.6 Å². The Bertz CT molecular complexity index is 528. The lowest BCUT2D eigenvalue weighted by atomic mass is 10.2. The maximum Gasteiger partial charge on any atom is 0.333 e. The van der Waals surface area contributed by atoms with Crippen molar-refractivity contribution in [2.45, 2.75) is 6.04 Å². The van der Waals surface area contributed by atoms with Crippen LogP contribution in [0.25, 0.3) is 0 Å². The lowest BCUT2D eigenvalue weighted by Crippen LogP contribution is -2.21. The number of carbonyl (C=O) groups is 1. The van der Waals surface area contributed by atoms with Crippen LogP contribution >= 0.6 is 22.9 Å². The molecule has 2 aromatic rings. The van der Waals surface area contributed by atoms with Crippen LogP contribution in [0.1, 0.15) is 10.9 Å². The summed E-state index contributed by atoms with van der Waals surface area (Å²) in [7, 11) is 1.37. The molecule has 0 bridgehead atoms. The zero-order valence-corrected chi connectivity index (χ0v) is 11.3. The smallest absolute Gasteiger partial charge is 0.333 e. The molecule has 0 spiro atoms. The van der Waals surface area contributed by atoms with Crippen molar-refractivity contribution in [1.82, 2.24) is 0 Å². The van der Waals surface area contributed by atoms with E-state index in [2.05, 4.69) is 5.32 Å². The molecule has 0 saturated heterocycles. The van der Waals surface area contributed by atoms with Gasteiger partial charge in [0.1, 0.15) is 0 Å². The molecule has 2 rings (SSSR count). The van der Waals surface area contributed by atoms with Gasteiger partial charge >= 0.3 is 5.97 Å².